The molecule has 1 aliphatic carbocycles. The monoisotopic (exact) mass is 273 g/mol. The normalized spacial score (nSPS) is 22.0. The fourth-order valence-electron chi connectivity index (χ4n) is 2.52. The van der Waals surface area contributed by atoms with E-state index in [1.807, 2.05) is 12.1 Å². The highest BCUT2D eigenvalue weighted by molar-refractivity contribution is 5.72. The van der Waals surface area contributed by atoms with Gasteiger partial charge >= 0.3 is 5.97 Å². The molecule has 4 heteroatoms. The first-order chi connectivity index (χ1) is 9.72. The molecule has 1 aliphatic rings. The van der Waals surface area contributed by atoms with Crippen LogP contribution in [-0.2, 0) is 20.9 Å². The second-order valence-corrected chi connectivity index (χ2v) is 5.12. The lowest BCUT2D eigenvalue weighted by Gasteiger charge is -2.27. The largest absolute Gasteiger partial charge is 0.469 e. The van der Waals surface area contributed by atoms with E-state index >= 15 is 0 Å². The third-order valence-corrected chi connectivity index (χ3v) is 3.78. The van der Waals surface area contributed by atoms with Gasteiger partial charge in [-0.3, -0.25) is 4.79 Å². The van der Waals surface area contributed by atoms with E-state index in [1.165, 1.54) is 7.11 Å². The van der Waals surface area contributed by atoms with E-state index in [-0.39, 0.29) is 18.0 Å². The lowest BCUT2D eigenvalue weighted by Crippen LogP contribution is -2.26. The zero-order valence-electron chi connectivity index (χ0n) is 11.7. The molecule has 2 rings (SSSR count). The van der Waals surface area contributed by atoms with Gasteiger partial charge in [-0.25, -0.2) is 0 Å². The van der Waals surface area contributed by atoms with Gasteiger partial charge in [0.15, 0.2) is 0 Å². The Morgan fingerprint density at radius 1 is 1.25 bits per heavy atom. The number of nitriles is 1. The Bertz CT molecular complexity index is 481. The third kappa shape index (κ3) is 3.82. The smallest absolute Gasteiger partial charge is 0.308 e. The van der Waals surface area contributed by atoms with Gasteiger partial charge in [-0.1, -0.05) is 12.1 Å². The second kappa shape index (κ2) is 7.06. The first kappa shape index (κ1) is 14.5. The second-order valence-electron chi connectivity index (χ2n) is 5.12. The number of benzene rings is 1. The number of carbonyl (C=O) groups excluding carboxylic acids is 1. The van der Waals surface area contributed by atoms with Crippen LogP contribution in [0.25, 0.3) is 0 Å². The first-order valence-electron chi connectivity index (χ1n) is 6.91. The summed E-state index contributed by atoms with van der Waals surface area (Å²) < 4.78 is 10.6. The summed E-state index contributed by atoms with van der Waals surface area (Å²) in [6, 6.07) is 9.52. The van der Waals surface area contributed by atoms with Crippen LogP contribution >= 0.6 is 0 Å². The average Bonchev–Trinajstić information content (AvgIpc) is 2.53. The molecule has 1 fully saturated rings. The van der Waals surface area contributed by atoms with Crippen molar-refractivity contribution in [2.45, 2.75) is 38.4 Å². The van der Waals surface area contributed by atoms with Gasteiger partial charge in [0.1, 0.15) is 0 Å². The Balaban J connectivity index is 1.75. The number of hydrogen-bond donors (Lipinski definition) is 0. The molecule has 0 bridgehead atoms. The van der Waals surface area contributed by atoms with Crippen molar-refractivity contribution >= 4 is 5.97 Å². The summed E-state index contributed by atoms with van der Waals surface area (Å²) in [7, 11) is 1.44. The Kier molecular flexibility index (Phi) is 5.14. The maximum atomic E-state index is 11.4. The summed E-state index contributed by atoms with van der Waals surface area (Å²) in [5, 5.41) is 8.73. The van der Waals surface area contributed by atoms with E-state index < -0.39 is 0 Å². The number of esters is 1. The third-order valence-electron chi connectivity index (χ3n) is 3.78. The highest BCUT2D eigenvalue weighted by atomic mass is 16.5. The van der Waals surface area contributed by atoms with Crippen LogP contribution in [0.3, 0.4) is 0 Å². The Morgan fingerprint density at radius 3 is 2.45 bits per heavy atom. The van der Waals surface area contributed by atoms with Gasteiger partial charge in [-0.15, -0.1) is 0 Å². The number of rotatable bonds is 4. The van der Waals surface area contributed by atoms with Crippen molar-refractivity contribution in [3.63, 3.8) is 0 Å². The van der Waals surface area contributed by atoms with Gasteiger partial charge in [0.05, 0.1) is 37.4 Å². The standard InChI is InChI=1S/C16H19NO3/c1-19-16(18)14-6-8-15(9-7-14)20-11-13-4-2-12(10-17)3-5-13/h2-5,14-15H,6-9,11H2,1H3. The van der Waals surface area contributed by atoms with Crippen LogP contribution in [0.2, 0.25) is 0 Å². The molecule has 0 N–H and O–H groups in total. The summed E-state index contributed by atoms with van der Waals surface area (Å²) in [4.78, 5) is 11.4. The topological polar surface area (TPSA) is 59.3 Å². The maximum absolute atomic E-state index is 11.4. The highest BCUT2D eigenvalue weighted by Crippen LogP contribution is 2.27. The summed E-state index contributed by atoms with van der Waals surface area (Å²) >= 11 is 0. The number of methoxy groups -OCH3 is 1. The SMILES string of the molecule is COC(=O)C1CCC(OCc2ccc(C#N)cc2)CC1. The molecule has 0 unspecified atom stereocenters. The van der Waals surface area contributed by atoms with Crippen LogP contribution in [0.1, 0.15) is 36.8 Å². The zero-order chi connectivity index (χ0) is 14.4. The lowest BCUT2D eigenvalue weighted by molar-refractivity contribution is -0.147. The molecule has 0 amide bonds. The quantitative estimate of drug-likeness (QED) is 0.791. The zero-order valence-corrected chi connectivity index (χ0v) is 11.7. The molecule has 1 saturated carbocycles. The lowest BCUT2D eigenvalue weighted by atomic mass is 9.87. The molecule has 0 aromatic heterocycles. The van der Waals surface area contributed by atoms with Gasteiger partial charge in [-0.05, 0) is 43.4 Å². The van der Waals surface area contributed by atoms with Crippen molar-refractivity contribution in [3.8, 4) is 6.07 Å². The molecule has 1 aromatic rings. The summed E-state index contributed by atoms with van der Waals surface area (Å²) in [5.74, 6) is -0.0645. The fraction of sp³-hybridized carbons (Fsp3) is 0.500. The van der Waals surface area contributed by atoms with Crippen LogP contribution in [0.4, 0.5) is 0 Å². The van der Waals surface area contributed by atoms with Gasteiger partial charge in [-0.2, -0.15) is 5.26 Å². The molecule has 1 aromatic carbocycles. The Hall–Kier alpha value is -1.86. The van der Waals surface area contributed by atoms with Gasteiger partial charge < -0.3 is 9.47 Å². The summed E-state index contributed by atoms with van der Waals surface area (Å²) in [5.41, 5.74) is 1.73. The molecule has 0 heterocycles. The van der Waals surface area contributed by atoms with E-state index in [9.17, 15) is 4.79 Å². The van der Waals surface area contributed by atoms with E-state index in [0.717, 1.165) is 31.2 Å². The molecular weight excluding hydrogens is 254 g/mol. The average molecular weight is 273 g/mol. The number of hydrogen-bond acceptors (Lipinski definition) is 4. The van der Waals surface area contributed by atoms with E-state index in [1.54, 1.807) is 12.1 Å². The van der Waals surface area contributed by atoms with Crippen LogP contribution in [-0.4, -0.2) is 19.2 Å². The van der Waals surface area contributed by atoms with Crippen molar-refractivity contribution in [1.82, 2.24) is 0 Å². The van der Waals surface area contributed by atoms with Crippen molar-refractivity contribution < 1.29 is 14.3 Å². The molecule has 0 aliphatic heterocycles. The van der Waals surface area contributed by atoms with Crippen LogP contribution in [0.5, 0.6) is 0 Å². The van der Waals surface area contributed by atoms with Crippen molar-refractivity contribution in [1.29, 1.82) is 5.26 Å². The number of carbonyl (C=O) groups is 1. The Labute approximate surface area is 119 Å². The van der Waals surface area contributed by atoms with E-state index in [0.29, 0.717) is 12.2 Å². The molecule has 0 spiro atoms. The predicted octanol–water partition coefficient (Wildman–Crippen LogP) is 2.81. The summed E-state index contributed by atoms with van der Waals surface area (Å²) in [6.07, 6.45) is 3.69. The highest BCUT2D eigenvalue weighted by Gasteiger charge is 2.27. The number of ether oxygens (including phenoxy) is 2. The molecule has 0 atom stereocenters. The molecule has 106 valence electrons. The van der Waals surface area contributed by atoms with Crippen LogP contribution < -0.4 is 0 Å². The first-order valence-corrected chi connectivity index (χ1v) is 6.91. The Morgan fingerprint density at radius 2 is 1.90 bits per heavy atom. The maximum Gasteiger partial charge on any atom is 0.308 e. The van der Waals surface area contributed by atoms with Gasteiger partial charge in [0.2, 0.25) is 0 Å². The molecular formula is C16H19NO3. The fourth-order valence-corrected chi connectivity index (χ4v) is 2.52. The van der Waals surface area contributed by atoms with Gasteiger partial charge in [0, 0.05) is 0 Å². The predicted molar refractivity (Wildman–Crippen MR) is 73.7 cm³/mol. The summed E-state index contributed by atoms with van der Waals surface area (Å²) in [6.45, 7) is 0.555. The van der Waals surface area contributed by atoms with Crippen molar-refractivity contribution in [2.75, 3.05) is 7.11 Å². The minimum absolute atomic E-state index is 0.0368. The van der Waals surface area contributed by atoms with Crippen LogP contribution in [0.15, 0.2) is 24.3 Å². The van der Waals surface area contributed by atoms with Gasteiger partial charge in [0.25, 0.3) is 0 Å². The molecule has 0 radical (unpaired) electrons. The van der Waals surface area contributed by atoms with E-state index in [4.69, 9.17) is 14.7 Å². The number of nitrogens with zero attached hydrogens (tertiary/aromatic N) is 1. The minimum atomic E-state index is -0.101. The molecule has 20 heavy (non-hydrogen) atoms. The minimum Gasteiger partial charge on any atom is -0.469 e. The molecule has 4 nitrogen and oxygen atoms in total. The molecule has 0 saturated heterocycles. The van der Waals surface area contributed by atoms with Crippen molar-refractivity contribution in [2.24, 2.45) is 5.92 Å². The van der Waals surface area contributed by atoms with Crippen LogP contribution in [0, 0.1) is 17.2 Å². The van der Waals surface area contributed by atoms with E-state index in [2.05, 4.69) is 6.07 Å². The van der Waals surface area contributed by atoms with Crippen molar-refractivity contribution in [3.05, 3.63) is 35.4 Å².